The van der Waals surface area contributed by atoms with E-state index in [1.54, 1.807) is 0 Å². The molecule has 1 aliphatic rings. The molecule has 0 aromatic heterocycles. The lowest BCUT2D eigenvalue weighted by Gasteiger charge is -2.34. The topological polar surface area (TPSA) is 58.2 Å². The van der Waals surface area contributed by atoms with Crippen molar-refractivity contribution in [2.24, 2.45) is 5.41 Å². The third-order valence-corrected chi connectivity index (χ3v) is 5.74. The molecule has 1 aromatic carbocycles. The standard InChI is InChI=1S/C13H18BrFN2O2S.ClH/c1-13(5-7-16-8-6-13)9-17-20(18,19)11-4-2-3-10(14)12(11)15;/h2-4,16-17H,5-9H2,1H3;1H. The number of halogens is 3. The van der Waals surface area contributed by atoms with Crippen molar-refractivity contribution in [3.63, 3.8) is 0 Å². The van der Waals surface area contributed by atoms with Gasteiger partial charge in [0.2, 0.25) is 10.0 Å². The minimum absolute atomic E-state index is 0. The van der Waals surface area contributed by atoms with E-state index in [0.717, 1.165) is 25.9 Å². The molecule has 0 saturated carbocycles. The average molecular weight is 402 g/mol. The maximum absolute atomic E-state index is 13.9. The van der Waals surface area contributed by atoms with Crippen LogP contribution in [0.4, 0.5) is 4.39 Å². The second kappa shape index (κ2) is 7.37. The monoisotopic (exact) mass is 400 g/mol. The van der Waals surface area contributed by atoms with Crippen LogP contribution in [0.25, 0.3) is 0 Å². The molecule has 21 heavy (non-hydrogen) atoms. The van der Waals surface area contributed by atoms with E-state index in [1.807, 2.05) is 6.92 Å². The molecule has 1 saturated heterocycles. The van der Waals surface area contributed by atoms with Crippen LogP contribution in [-0.2, 0) is 10.0 Å². The van der Waals surface area contributed by atoms with Crippen molar-refractivity contribution in [3.05, 3.63) is 28.5 Å². The predicted molar refractivity (Wildman–Crippen MR) is 86.7 cm³/mol. The van der Waals surface area contributed by atoms with Gasteiger partial charge >= 0.3 is 0 Å². The third-order valence-electron chi connectivity index (χ3n) is 3.71. The fourth-order valence-electron chi connectivity index (χ4n) is 2.25. The first-order valence-electron chi connectivity index (χ1n) is 6.48. The summed E-state index contributed by atoms with van der Waals surface area (Å²) in [6.07, 6.45) is 1.80. The molecule has 2 rings (SSSR count). The molecule has 0 radical (unpaired) electrons. The van der Waals surface area contributed by atoms with E-state index in [1.165, 1.54) is 18.2 Å². The summed E-state index contributed by atoms with van der Waals surface area (Å²) in [6, 6.07) is 4.25. The number of hydrogen-bond acceptors (Lipinski definition) is 3. The van der Waals surface area contributed by atoms with E-state index in [4.69, 9.17) is 0 Å². The molecule has 0 bridgehead atoms. The van der Waals surface area contributed by atoms with E-state index >= 15 is 0 Å². The zero-order valence-corrected chi connectivity index (χ0v) is 14.9. The molecule has 2 N–H and O–H groups in total. The molecule has 1 aromatic rings. The van der Waals surface area contributed by atoms with Crippen LogP contribution < -0.4 is 10.0 Å². The smallest absolute Gasteiger partial charge is 0.243 e. The van der Waals surface area contributed by atoms with Crippen LogP contribution in [0.5, 0.6) is 0 Å². The number of piperidine rings is 1. The van der Waals surface area contributed by atoms with E-state index in [-0.39, 0.29) is 27.2 Å². The number of sulfonamides is 1. The van der Waals surface area contributed by atoms with Crippen LogP contribution in [0.1, 0.15) is 19.8 Å². The molecule has 0 atom stereocenters. The Morgan fingerprint density at radius 3 is 2.62 bits per heavy atom. The molecule has 1 heterocycles. The zero-order chi connectivity index (χ0) is 14.8. The van der Waals surface area contributed by atoms with Gasteiger partial charge in [-0.25, -0.2) is 17.5 Å². The number of hydrogen-bond donors (Lipinski definition) is 2. The first kappa shape index (κ1) is 18.8. The maximum Gasteiger partial charge on any atom is 0.243 e. The van der Waals surface area contributed by atoms with Gasteiger partial charge in [0, 0.05) is 6.54 Å². The fraction of sp³-hybridized carbons (Fsp3) is 0.538. The van der Waals surface area contributed by atoms with Crippen molar-refractivity contribution < 1.29 is 12.8 Å². The Morgan fingerprint density at radius 2 is 2.00 bits per heavy atom. The highest BCUT2D eigenvalue weighted by Crippen LogP contribution is 2.28. The highest BCUT2D eigenvalue weighted by molar-refractivity contribution is 9.10. The first-order chi connectivity index (χ1) is 9.34. The van der Waals surface area contributed by atoms with Gasteiger partial charge in [-0.05, 0) is 59.4 Å². The molecule has 120 valence electrons. The highest BCUT2D eigenvalue weighted by Gasteiger charge is 2.29. The summed E-state index contributed by atoms with van der Waals surface area (Å²) in [5.74, 6) is -0.754. The number of rotatable bonds is 4. The summed E-state index contributed by atoms with van der Waals surface area (Å²) in [4.78, 5) is -0.315. The Kier molecular flexibility index (Phi) is 6.61. The largest absolute Gasteiger partial charge is 0.317 e. The van der Waals surface area contributed by atoms with Crippen molar-refractivity contribution in [1.29, 1.82) is 0 Å². The number of benzene rings is 1. The quantitative estimate of drug-likeness (QED) is 0.815. The molecule has 4 nitrogen and oxygen atoms in total. The SMILES string of the molecule is CC1(CNS(=O)(=O)c2cccc(Br)c2F)CCNCC1.Cl. The summed E-state index contributed by atoms with van der Waals surface area (Å²) >= 11 is 3.00. The lowest BCUT2D eigenvalue weighted by atomic mass is 9.81. The normalized spacial score (nSPS) is 18.0. The van der Waals surface area contributed by atoms with Gasteiger partial charge in [0.25, 0.3) is 0 Å². The van der Waals surface area contributed by atoms with Gasteiger partial charge in [-0.2, -0.15) is 0 Å². The molecule has 8 heteroatoms. The lowest BCUT2D eigenvalue weighted by molar-refractivity contribution is 0.232. The third kappa shape index (κ3) is 4.63. The maximum atomic E-state index is 13.9. The van der Waals surface area contributed by atoms with Crippen LogP contribution in [0.2, 0.25) is 0 Å². The van der Waals surface area contributed by atoms with Crippen LogP contribution in [0.15, 0.2) is 27.6 Å². The summed E-state index contributed by atoms with van der Waals surface area (Å²) in [6.45, 7) is 4.13. The molecular formula is C13H19BrClFN2O2S. The van der Waals surface area contributed by atoms with Crippen molar-refractivity contribution in [3.8, 4) is 0 Å². The van der Waals surface area contributed by atoms with E-state index < -0.39 is 15.8 Å². The molecule has 0 unspecified atom stereocenters. The summed E-state index contributed by atoms with van der Waals surface area (Å²) < 4.78 is 41.0. The van der Waals surface area contributed by atoms with Gasteiger partial charge in [-0.1, -0.05) is 13.0 Å². The molecule has 1 aliphatic heterocycles. The zero-order valence-electron chi connectivity index (χ0n) is 11.7. The predicted octanol–water partition coefficient (Wildman–Crippen LogP) is 2.68. The van der Waals surface area contributed by atoms with E-state index in [0.29, 0.717) is 6.54 Å². The van der Waals surface area contributed by atoms with Gasteiger partial charge in [0.15, 0.2) is 5.82 Å². The number of nitrogens with one attached hydrogen (secondary N) is 2. The van der Waals surface area contributed by atoms with Crippen molar-refractivity contribution in [2.45, 2.75) is 24.7 Å². The van der Waals surface area contributed by atoms with Gasteiger partial charge < -0.3 is 5.32 Å². The Hall–Kier alpha value is -0.210. The molecule has 0 amide bonds. The Balaban J connectivity index is 0.00000220. The van der Waals surface area contributed by atoms with E-state index in [2.05, 4.69) is 26.0 Å². The molecule has 0 aliphatic carbocycles. The average Bonchev–Trinajstić information content (AvgIpc) is 2.41. The Morgan fingerprint density at radius 1 is 1.38 bits per heavy atom. The van der Waals surface area contributed by atoms with Gasteiger partial charge in [0.1, 0.15) is 4.90 Å². The van der Waals surface area contributed by atoms with Crippen LogP contribution in [-0.4, -0.2) is 28.1 Å². The minimum Gasteiger partial charge on any atom is -0.317 e. The summed E-state index contributed by atoms with van der Waals surface area (Å²) in [7, 11) is -3.83. The summed E-state index contributed by atoms with van der Waals surface area (Å²) in [5.41, 5.74) is -0.0825. The van der Waals surface area contributed by atoms with Gasteiger partial charge in [-0.15, -0.1) is 12.4 Å². The molecule has 1 fully saturated rings. The van der Waals surface area contributed by atoms with Crippen molar-refractivity contribution in [2.75, 3.05) is 19.6 Å². The summed E-state index contributed by atoms with van der Waals surface area (Å²) in [5, 5.41) is 3.24. The molecule has 0 spiro atoms. The Bertz CT molecular complexity index is 592. The van der Waals surface area contributed by atoms with Crippen molar-refractivity contribution >= 4 is 38.4 Å². The van der Waals surface area contributed by atoms with Crippen LogP contribution >= 0.6 is 28.3 Å². The van der Waals surface area contributed by atoms with Crippen LogP contribution in [0.3, 0.4) is 0 Å². The van der Waals surface area contributed by atoms with Crippen molar-refractivity contribution in [1.82, 2.24) is 10.0 Å². The molecular weight excluding hydrogens is 383 g/mol. The second-order valence-electron chi connectivity index (χ2n) is 5.44. The van der Waals surface area contributed by atoms with Crippen LogP contribution in [0, 0.1) is 11.2 Å². The first-order valence-corrected chi connectivity index (χ1v) is 8.76. The van der Waals surface area contributed by atoms with E-state index in [9.17, 15) is 12.8 Å². The second-order valence-corrected chi connectivity index (χ2v) is 8.03. The van der Waals surface area contributed by atoms with Gasteiger partial charge in [-0.3, -0.25) is 0 Å². The fourth-order valence-corrected chi connectivity index (χ4v) is 4.04. The van der Waals surface area contributed by atoms with Gasteiger partial charge in [0.05, 0.1) is 4.47 Å². The minimum atomic E-state index is -3.83. The lowest BCUT2D eigenvalue weighted by Crippen LogP contribution is -2.43. The Labute approximate surface area is 139 Å². The highest BCUT2D eigenvalue weighted by atomic mass is 79.9.